The van der Waals surface area contributed by atoms with Crippen LogP contribution in [0.1, 0.15) is 16.1 Å². The number of nitrogens with zero attached hydrogens (tertiary/aromatic N) is 4. The van der Waals surface area contributed by atoms with Crippen LogP contribution in [-0.2, 0) is 6.42 Å². The molecule has 0 aliphatic rings. The van der Waals surface area contributed by atoms with E-state index in [0.29, 0.717) is 41.5 Å². The number of benzene rings is 2. The number of aromatic nitrogens is 2. The van der Waals surface area contributed by atoms with Crippen molar-refractivity contribution in [2.45, 2.75) is 6.42 Å². The zero-order chi connectivity index (χ0) is 24.9. The van der Waals surface area contributed by atoms with Crippen molar-refractivity contribution < 1.29 is 19.2 Å². The Morgan fingerprint density at radius 2 is 1.89 bits per heavy atom. The van der Waals surface area contributed by atoms with Gasteiger partial charge in [0.15, 0.2) is 11.5 Å². The van der Waals surface area contributed by atoms with Crippen LogP contribution in [0.15, 0.2) is 66.0 Å². The molecule has 0 aliphatic heterocycles. The van der Waals surface area contributed by atoms with Crippen LogP contribution in [-0.4, -0.2) is 53.3 Å². The van der Waals surface area contributed by atoms with E-state index in [1.807, 2.05) is 35.7 Å². The van der Waals surface area contributed by atoms with Crippen molar-refractivity contribution in [1.29, 1.82) is 0 Å². The van der Waals surface area contributed by atoms with Crippen molar-refractivity contribution in [3.05, 3.63) is 87.4 Å². The van der Waals surface area contributed by atoms with Gasteiger partial charge in [-0.15, -0.1) is 11.3 Å². The summed E-state index contributed by atoms with van der Waals surface area (Å²) in [5.74, 6) is 1.03. The minimum atomic E-state index is -0.468. The molecule has 1 amide bonds. The van der Waals surface area contributed by atoms with Gasteiger partial charge in [-0.2, -0.15) is 5.10 Å². The first-order valence-electron chi connectivity index (χ1n) is 10.8. The van der Waals surface area contributed by atoms with Gasteiger partial charge in [0, 0.05) is 25.7 Å². The van der Waals surface area contributed by atoms with E-state index in [-0.39, 0.29) is 11.6 Å². The summed E-state index contributed by atoms with van der Waals surface area (Å²) in [5.41, 5.74) is 2.31. The van der Waals surface area contributed by atoms with Crippen LogP contribution in [0.25, 0.3) is 16.3 Å². The van der Waals surface area contributed by atoms with Crippen molar-refractivity contribution in [3.8, 4) is 27.8 Å². The van der Waals surface area contributed by atoms with Crippen LogP contribution < -0.4 is 9.47 Å². The quantitative estimate of drug-likeness (QED) is 0.245. The van der Waals surface area contributed by atoms with E-state index < -0.39 is 4.92 Å². The van der Waals surface area contributed by atoms with Crippen LogP contribution in [0.4, 0.5) is 5.69 Å². The minimum Gasteiger partial charge on any atom is -0.493 e. The SMILES string of the molecule is COc1ccc(CCN(C)C(=O)c2cc(-c3cccs3)nn2-c2cccc([N+](=O)[O-])c2)cc1OC. The van der Waals surface area contributed by atoms with Crippen LogP contribution in [0.3, 0.4) is 0 Å². The normalized spacial score (nSPS) is 10.7. The molecule has 0 spiro atoms. The lowest BCUT2D eigenvalue weighted by molar-refractivity contribution is -0.384. The number of hydrogen-bond donors (Lipinski definition) is 0. The molecule has 0 bridgehead atoms. The maximum absolute atomic E-state index is 13.5. The van der Waals surface area contributed by atoms with Crippen LogP contribution in [0, 0.1) is 10.1 Å². The van der Waals surface area contributed by atoms with Gasteiger partial charge >= 0.3 is 0 Å². The Morgan fingerprint density at radius 3 is 2.57 bits per heavy atom. The smallest absolute Gasteiger partial charge is 0.272 e. The summed E-state index contributed by atoms with van der Waals surface area (Å²) in [5, 5.41) is 17.8. The zero-order valence-corrected chi connectivity index (χ0v) is 20.3. The molecule has 0 atom stereocenters. The van der Waals surface area contributed by atoms with Crippen molar-refractivity contribution in [1.82, 2.24) is 14.7 Å². The molecule has 0 saturated carbocycles. The van der Waals surface area contributed by atoms with Crippen LogP contribution in [0.5, 0.6) is 11.5 Å². The lowest BCUT2D eigenvalue weighted by Crippen LogP contribution is -2.30. The number of amides is 1. The lowest BCUT2D eigenvalue weighted by Gasteiger charge is -2.18. The van der Waals surface area contributed by atoms with Crippen molar-refractivity contribution in [2.24, 2.45) is 0 Å². The second kappa shape index (κ2) is 10.4. The molecule has 0 radical (unpaired) electrons. The van der Waals surface area contributed by atoms with E-state index in [1.165, 1.54) is 28.2 Å². The third kappa shape index (κ3) is 5.17. The number of hydrogen-bond acceptors (Lipinski definition) is 7. The predicted octanol–water partition coefficient (Wildman–Crippen LogP) is 4.84. The molecule has 2 heterocycles. The summed E-state index contributed by atoms with van der Waals surface area (Å²) < 4.78 is 12.1. The summed E-state index contributed by atoms with van der Waals surface area (Å²) in [4.78, 5) is 26.8. The third-order valence-corrected chi connectivity index (χ3v) is 6.41. The Bertz CT molecular complexity index is 1350. The highest BCUT2D eigenvalue weighted by molar-refractivity contribution is 7.13. The Hall–Kier alpha value is -4.18. The zero-order valence-electron chi connectivity index (χ0n) is 19.5. The number of non-ortho nitro benzene ring substituents is 1. The lowest BCUT2D eigenvalue weighted by atomic mass is 10.1. The number of carbonyl (C=O) groups is 1. The molecule has 180 valence electrons. The molecule has 0 fully saturated rings. The molecule has 0 saturated heterocycles. The Morgan fingerprint density at radius 1 is 1.09 bits per heavy atom. The molecular weight excluding hydrogens is 468 g/mol. The second-order valence-electron chi connectivity index (χ2n) is 7.75. The molecule has 4 rings (SSSR count). The summed E-state index contributed by atoms with van der Waals surface area (Å²) in [6.07, 6.45) is 0.603. The highest BCUT2D eigenvalue weighted by Gasteiger charge is 2.22. The van der Waals surface area contributed by atoms with Crippen molar-refractivity contribution >= 4 is 22.9 Å². The number of ether oxygens (including phenoxy) is 2. The number of thiophene rings is 1. The third-order valence-electron chi connectivity index (χ3n) is 5.52. The first-order chi connectivity index (χ1) is 16.9. The van der Waals surface area contributed by atoms with E-state index in [4.69, 9.17) is 9.47 Å². The van der Waals surface area contributed by atoms with Crippen LogP contribution >= 0.6 is 11.3 Å². The average molecular weight is 493 g/mol. The summed E-state index contributed by atoms with van der Waals surface area (Å²) in [6.45, 7) is 0.447. The van der Waals surface area contributed by atoms with Gasteiger partial charge in [0.05, 0.1) is 29.7 Å². The van der Waals surface area contributed by atoms with Crippen molar-refractivity contribution in [3.63, 3.8) is 0 Å². The van der Waals surface area contributed by atoms with E-state index in [2.05, 4.69) is 5.10 Å². The molecule has 35 heavy (non-hydrogen) atoms. The maximum atomic E-state index is 13.5. The highest BCUT2D eigenvalue weighted by atomic mass is 32.1. The first kappa shape index (κ1) is 24.0. The Labute approximate surface area is 206 Å². The van der Waals surface area contributed by atoms with Gasteiger partial charge in [-0.3, -0.25) is 14.9 Å². The van der Waals surface area contributed by atoms with Gasteiger partial charge in [-0.1, -0.05) is 18.2 Å². The molecule has 4 aromatic rings. The van der Waals surface area contributed by atoms with Gasteiger partial charge in [0.25, 0.3) is 11.6 Å². The number of rotatable bonds is 9. The van der Waals surface area contributed by atoms with Crippen molar-refractivity contribution in [2.75, 3.05) is 27.8 Å². The van der Waals surface area contributed by atoms with E-state index >= 15 is 0 Å². The number of carbonyl (C=O) groups excluding carboxylic acids is 1. The molecule has 0 N–H and O–H groups in total. The summed E-state index contributed by atoms with van der Waals surface area (Å²) in [6, 6.07) is 17.3. The summed E-state index contributed by atoms with van der Waals surface area (Å²) >= 11 is 1.50. The van der Waals surface area contributed by atoms with Gasteiger partial charge in [0.1, 0.15) is 11.4 Å². The molecule has 2 aromatic heterocycles. The fraction of sp³-hybridized carbons (Fsp3) is 0.200. The molecule has 0 aliphatic carbocycles. The van der Waals surface area contributed by atoms with E-state index in [1.54, 1.807) is 44.4 Å². The van der Waals surface area contributed by atoms with Gasteiger partial charge < -0.3 is 14.4 Å². The number of nitro benzene ring substituents is 1. The molecular formula is C25H24N4O5S. The van der Waals surface area contributed by atoms with E-state index in [0.717, 1.165) is 10.4 Å². The number of nitro groups is 1. The number of methoxy groups -OCH3 is 2. The predicted molar refractivity (Wildman–Crippen MR) is 134 cm³/mol. The topological polar surface area (TPSA) is 99.7 Å². The monoisotopic (exact) mass is 492 g/mol. The van der Waals surface area contributed by atoms with Gasteiger partial charge in [0.2, 0.25) is 0 Å². The number of likely N-dealkylation sites (N-methyl/N-ethyl adjacent to an activating group) is 1. The Balaban J connectivity index is 1.62. The van der Waals surface area contributed by atoms with Crippen LogP contribution in [0.2, 0.25) is 0 Å². The average Bonchev–Trinajstić information content (AvgIpc) is 3.57. The second-order valence-corrected chi connectivity index (χ2v) is 8.69. The van der Waals surface area contributed by atoms with Gasteiger partial charge in [-0.05, 0) is 47.7 Å². The molecule has 10 heteroatoms. The maximum Gasteiger partial charge on any atom is 0.272 e. The largest absolute Gasteiger partial charge is 0.493 e. The molecule has 2 aromatic carbocycles. The minimum absolute atomic E-state index is 0.0733. The fourth-order valence-electron chi connectivity index (χ4n) is 3.64. The Kier molecular flexibility index (Phi) is 7.11. The summed E-state index contributed by atoms with van der Waals surface area (Å²) in [7, 11) is 4.88. The fourth-order valence-corrected chi connectivity index (χ4v) is 4.32. The highest BCUT2D eigenvalue weighted by Crippen LogP contribution is 2.29. The van der Waals surface area contributed by atoms with E-state index in [9.17, 15) is 14.9 Å². The first-order valence-corrected chi connectivity index (χ1v) is 11.6. The van der Waals surface area contributed by atoms with Gasteiger partial charge in [-0.25, -0.2) is 4.68 Å². The standard InChI is InChI=1S/C25H24N4O5S/c1-27(12-11-17-9-10-22(33-2)23(14-17)34-3)25(30)21-16-20(24-8-5-13-35-24)26-28(21)18-6-4-7-19(15-18)29(31)32/h4-10,13-16H,11-12H2,1-3H3. The molecule has 0 unspecified atom stereocenters. The molecule has 9 nitrogen and oxygen atoms in total.